The summed E-state index contributed by atoms with van der Waals surface area (Å²) in [5, 5.41) is 5.91. The number of carbonyl (C=O) groups is 1. The molecule has 3 nitrogen and oxygen atoms in total. The summed E-state index contributed by atoms with van der Waals surface area (Å²) in [4.78, 5) is 11.3. The van der Waals surface area contributed by atoms with Crippen molar-refractivity contribution in [3.63, 3.8) is 0 Å². The topological polar surface area (TPSA) is 41.1 Å². The van der Waals surface area contributed by atoms with Gasteiger partial charge in [0.15, 0.2) is 0 Å². The van der Waals surface area contributed by atoms with Gasteiger partial charge < -0.3 is 10.6 Å². The van der Waals surface area contributed by atoms with Crippen LogP contribution in [0.3, 0.4) is 0 Å². The Morgan fingerprint density at radius 3 is 2.50 bits per heavy atom. The molecule has 0 heterocycles. The summed E-state index contributed by atoms with van der Waals surface area (Å²) in [5.41, 5.74) is 0. The first kappa shape index (κ1) is 9.52. The molecule has 0 aromatic rings. The molecule has 1 rings (SSSR count). The van der Waals surface area contributed by atoms with Gasteiger partial charge in [0.25, 0.3) is 0 Å². The SMILES string of the molecule is CN[C@@H](C)C(=O)NC1CC(C)C1. The number of nitrogens with one attached hydrogen (secondary N) is 2. The lowest BCUT2D eigenvalue weighted by molar-refractivity contribution is -0.124. The van der Waals surface area contributed by atoms with Crippen LogP contribution in [0.2, 0.25) is 0 Å². The van der Waals surface area contributed by atoms with Gasteiger partial charge in [0.1, 0.15) is 0 Å². The van der Waals surface area contributed by atoms with E-state index in [-0.39, 0.29) is 11.9 Å². The summed E-state index contributed by atoms with van der Waals surface area (Å²) < 4.78 is 0. The average Bonchev–Trinajstić information content (AvgIpc) is 2.00. The fourth-order valence-corrected chi connectivity index (χ4v) is 1.48. The summed E-state index contributed by atoms with van der Waals surface area (Å²) in [5.74, 6) is 0.912. The minimum Gasteiger partial charge on any atom is -0.352 e. The highest BCUT2D eigenvalue weighted by Gasteiger charge is 2.27. The van der Waals surface area contributed by atoms with Crippen molar-refractivity contribution in [3.05, 3.63) is 0 Å². The van der Waals surface area contributed by atoms with Crippen molar-refractivity contribution < 1.29 is 4.79 Å². The van der Waals surface area contributed by atoms with Crippen molar-refractivity contribution in [1.82, 2.24) is 10.6 Å². The fraction of sp³-hybridized carbons (Fsp3) is 0.889. The van der Waals surface area contributed by atoms with Gasteiger partial charge in [-0.3, -0.25) is 4.79 Å². The number of rotatable bonds is 3. The molecule has 0 saturated heterocycles. The highest BCUT2D eigenvalue weighted by atomic mass is 16.2. The standard InChI is InChI=1S/C9H18N2O/c1-6-4-8(5-6)11-9(12)7(2)10-3/h6-8,10H,4-5H2,1-3H3,(H,11,12)/t6?,7-,8?/m0/s1. The van der Waals surface area contributed by atoms with Crippen LogP contribution in [0, 0.1) is 5.92 Å². The van der Waals surface area contributed by atoms with Crippen LogP contribution in [0.1, 0.15) is 26.7 Å². The number of carbonyl (C=O) groups excluding carboxylic acids is 1. The molecule has 12 heavy (non-hydrogen) atoms. The Bertz CT molecular complexity index is 164. The normalized spacial score (nSPS) is 30.6. The summed E-state index contributed by atoms with van der Waals surface area (Å²) >= 11 is 0. The van der Waals surface area contributed by atoms with Gasteiger partial charge in [-0.05, 0) is 32.7 Å². The van der Waals surface area contributed by atoms with Crippen molar-refractivity contribution >= 4 is 5.91 Å². The molecule has 2 N–H and O–H groups in total. The van der Waals surface area contributed by atoms with Crippen molar-refractivity contribution in [3.8, 4) is 0 Å². The molecule has 0 aromatic heterocycles. The van der Waals surface area contributed by atoms with E-state index in [1.807, 2.05) is 6.92 Å². The van der Waals surface area contributed by atoms with E-state index in [2.05, 4.69) is 17.6 Å². The minimum atomic E-state index is -0.0686. The van der Waals surface area contributed by atoms with E-state index in [1.165, 1.54) is 0 Å². The molecule has 1 aliphatic rings. The van der Waals surface area contributed by atoms with Gasteiger partial charge in [0, 0.05) is 6.04 Å². The van der Waals surface area contributed by atoms with Crippen LogP contribution in [0.4, 0.5) is 0 Å². The number of likely N-dealkylation sites (N-methyl/N-ethyl adjacent to an activating group) is 1. The van der Waals surface area contributed by atoms with E-state index in [1.54, 1.807) is 7.05 Å². The van der Waals surface area contributed by atoms with Gasteiger partial charge in [-0.25, -0.2) is 0 Å². The van der Waals surface area contributed by atoms with Gasteiger partial charge in [-0.1, -0.05) is 6.92 Å². The van der Waals surface area contributed by atoms with Gasteiger partial charge >= 0.3 is 0 Å². The van der Waals surface area contributed by atoms with Crippen LogP contribution in [0.5, 0.6) is 0 Å². The number of hydrogen-bond donors (Lipinski definition) is 2. The second-order valence-corrected chi connectivity index (χ2v) is 3.79. The highest BCUT2D eigenvalue weighted by Crippen LogP contribution is 2.26. The maximum absolute atomic E-state index is 11.3. The van der Waals surface area contributed by atoms with E-state index < -0.39 is 0 Å². The number of amides is 1. The third-order valence-corrected chi connectivity index (χ3v) is 2.55. The first-order valence-electron chi connectivity index (χ1n) is 4.61. The lowest BCUT2D eigenvalue weighted by Crippen LogP contribution is -2.49. The second kappa shape index (κ2) is 3.90. The van der Waals surface area contributed by atoms with Gasteiger partial charge in [-0.15, -0.1) is 0 Å². The number of hydrogen-bond acceptors (Lipinski definition) is 2. The Hall–Kier alpha value is -0.570. The third-order valence-electron chi connectivity index (χ3n) is 2.55. The zero-order chi connectivity index (χ0) is 9.14. The summed E-state index contributed by atoms with van der Waals surface area (Å²) in [6.45, 7) is 4.08. The molecule has 1 amide bonds. The first-order chi connectivity index (χ1) is 5.63. The van der Waals surface area contributed by atoms with Crippen molar-refractivity contribution in [1.29, 1.82) is 0 Å². The predicted molar refractivity (Wildman–Crippen MR) is 48.9 cm³/mol. The van der Waals surface area contributed by atoms with E-state index in [0.29, 0.717) is 6.04 Å². The molecule has 0 bridgehead atoms. The van der Waals surface area contributed by atoms with Gasteiger partial charge in [-0.2, -0.15) is 0 Å². The van der Waals surface area contributed by atoms with Crippen LogP contribution < -0.4 is 10.6 Å². The summed E-state index contributed by atoms with van der Waals surface area (Å²) in [6.07, 6.45) is 2.28. The molecule has 0 unspecified atom stereocenters. The van der Waals surface area contributed by atoms with Crippen LogP contribution >= 0.6 is 0 Å². The maximum Gasteiger partial charge on any atom is 0.237 e. The van der Waals surface area contributed by atoms with Crippen LogP contribution in [0.25, 0.3) is 0 Å². The molecule has 0 spiro atoms. The quantitative estimate of drug-likeness (QED) is 0.648. The van der Waals surface area contributed by atoms with E-state index >= 15 is 0 Å². The van der Waals surface area contributed by atoms with Crippen LogP contribution in [-0.4, -0.2) is 25.0 Å². The lowest BCUT2D eigenvalue weighted by atomic mass is 9.82. The summed E-state index contributed by atoms with van der Waals surface area (Å²) in [7, 11) is 1.80. The molecule has 70 valence electrons. The van der Waals surface area contributed by atoms with E-state index in [4.69, 9.17) is 0 Å². The summed E-state index contributed by atoms with van der Waals surface area (Å²) in [6, 6.07) is 0.365. The zero-order valence-electron chi connectivity index (χ0n) is 8.05. The van der Waals surface area contributed by atoms with Crippen molar-refractivity contribution in [2.75, 3.05) is 7.05 Å². The van der Waals surface area contributed by atoms with E-state index in [9.17, 15) is 4.79 Å². The van der Waals surface area contributed by atoms with Crippen molar-refractivity contribution in [2.45, 2.75) is 38.8 Å². The lowest BCUT2D eigenvalue weighted by Gasteiger charge is -2.33. The maximum atomic E-state index is 11.3. The Balaban J connectivity index is 2.18. The Kier molecular flexibility index (Phi) is 3.09. The predicted octanol–water partition coefficient (Wildman–Crippen LogP) is 0.509. The molecule has 3 heteroatoms. The molecular weight excluding hydrogens is 152 g/mol. The third kappa shape index (κ3) is 2.21. The van der Waals surface area contributed by atoms with Crippen molar-refractivity contribution in [2.24, 2.45) is 5.92 Å². The molecule has 1 aliphatic carbocycles. The molecule has 1 saturated carbocycles. The van der Waals surface area contributed by atoms with Gasteiger partial charge in [0.05, 0.1) is 6.04 Å². The average molecular weight is 170 g/mol. The Morgan fingerprint density at radius 2 is 2.08 bits per heavy atom. The monoisotopic (exact) mass is 170 g/mol. The van der Waals surface area contributed by atoms with Gasteiger partial charge in [0.2, 0.25) is 5.91 Å². The van der Waals surface area contributed by atoms with Crippen LogP contribution in [-0.2, 0) is 4.79 Å². The molecular formula is C9H18N2O. The van der Waals surface area contributed by atoms with E-state index in [0.717, 1.165) is 18.8 Å². The fourth-order valence-electron chi connectivity index (χ4n) is 1.48. The smallest absolute Gasteiger partial charge is 0.237 e. The zero-order valence-corrected chi connectivity index (χ0v) is 8.05. The largest absolute Gasteiger partial charge is 0.352 e. The first-order valence-corrected chi connectivity index (χ1v) is 4.61. The Morgan fingerprint density at radius 1 is 1.50 bits per heavy atom. The highest BCUT2D eigenvalue weighted by molar-refractivity contribution is 5.81. The molecule has 1 atom stereocenters. The second-order valence-electron chi connectivity index (χ2n) is 3.79. The molecule has 0 radical (unpaired) electrons. The molecule has 0 aromatic carbocycles. The van der Waals surface area contributed by atoms with Crippen LogP contribution in [0.15, 0.2) is 0 Å². The minimum absolute atomic E-state index is 0.0686. The molecule has 1 fully saturated rings. The Labute approximate surface area is 73.9 Å². The molecule has 0 aliphatic heterocycles.